The van der Waals surface area contributed by atoms with E-state index in [4.69, 9.17) is 4.42 Å². The number of amides is 1. The molecule has 0 radical (unpaired) electrons. The monoisotopic (exact) mass is 382 g/mol. The summed E-state index contributed by atoms with van der Waals surface area (Å²) in [7, 11) is 1.75. The number of carbonyl (C=O) groups is 1. The average Bonchev–Trinajstić information content (AvgIpc) is 3.35. The Bertz CT molecular complexity index is 898. The molecular formula is C20H22N4O2S. The summed E-state index contributed by atoms with van der Waals surface area (Å²) in [6, 6.07) is 13.1. The molecular weight excluding hydrogens is 360 g/mol. The molecule has 0 aliphatic rings. The van der Waals surface area contributed by atoms with Gasteiger partial charge in [0.2, 0.25) is 0 Å². The van der Waals surface area contributed by atoms with Gasteiger partial charge < -0.3 is 20.4 Å². The Labute approximate surface area is 162 Å². The van der Waals surface area contributed by atoms with Crippen molar-refractivity contribution in [3.8, 4) is 0 Å². The number of aryl methyl sites for hydroxylation is 1. The number of anilines is 1. The number of hydrogen-bond acceptors (Lipinski definition) is 4. The molecule has 2 heterocycles. The van der Waals surface area contributed by atoms with E-state index in [2.05, 4.69) is 39.3 Å². The van der Waals surface area contributed by atoms with Gasteiger partial charge in [-0.3, -0.25) is 9.79 Å². The van der Waals surface area contributed by atoms with Gasteiger partial charge in [-0.1, -0.05) is 12.1 Å². The lowest BCUT2D eigenvalue weighted by molar-refractivity contribution is 0.0996. The number of thiophene rings is 1. The van der Waals surface area contributed by atoms with E-state index in [1.54, 1.807) is 30.5 Å². The van der Waals surface area contributed by atoms with Crippen LogP contribution in [0.5, 0.6) is 0 Å². The standard InChI is InChI=1S/C20H22N4O2S/c1-14-9-11-27-18(14)13-23-20(21-2)22-12-15-5-7-16(8-6-15)24-19(25)17-4-3-10-26-17/h3-11H,12-13H2,1-2H3,(H,24,25)(H2,21,22,23). The van der Waals surface area contributed by atoms with Crippen molar-refractivity contribution in [1.82, 2.24) is 10.6 Å². The normalized spacial score (nSPS) is 11.3. The van der Waals surface area contributed by atoms with Crippen molar-refractivity contribution in [1.29, 1.82) is 0 Å². The second-order valence-corrected chi connectivity index (χ2v) is 6.94. The third-order valence-electron chi connectivity index (χ3n) is 4.02. The van der Waals surface area contributed by atoms with Gasteiger partial charge in [-0.15, -0.1) is 11.3 Å². The number of rotatable bonds is 6. The number of aliphatic imine (C=N–C) groups is 1. The van der Waals surface area contributed by atoms with Gasteiger partial charge in [0, 0.05) is 24.2 Å². The highest BCUT2D eigenvalue weighted by Crippen LogP contribution is 2.15. The quantitative estimate of drug-likeness (QED) is 0.448. The van der Waals surface area contributed by atoms with Crippen molar-refractivity contribution in [3.63, 3.8) is 0 Å². The molecule has 0 aliphatic heterocycles. The fraction of sp³-hybridized carbons (Fsp3) is 0.200. The fourth-order valence-electron chi connectivity index (χ4n) is 2.46. The SMILES string of the molecule is CN=C(NCc1ccc(NC(=O)c2ccco2)cc1)NCc1sccc1C. The van der Waals surface area contributed by atoms with Crippen LogP contribution in [0.15, 0.2) is 63.5 Å². The first-order valence-corrected chi connectivity index (χ1v) is 9.45. The third-order valence-corrected chi connectivity index (χ3v) is 5.05. The van der Waals surface area contributed by atoms with Gasteiger partial charge >= 0.3 is 0 Å². The molecule has 1 aromatic carbocycles. The van der Waals surface area contributed by atoms with Crippen LogP contribution >= 0.6 is 11.3 Å². The molecule has 0 spiro atoms. The van der Waals surface area contributed by atoms with E-state index >= 15 is 0 Å². The number of benzene rings is 1. The lowest BCUT2D eigenvalue weighted by atomic mass is 10.2. The van der Waals surface area contributed by atoms with Crippen molar-refractivity contribution in [3.05, 3.63) is 75.9 Å². The minimum Gasteiger partial charge on any atom is -0.459 e. The smallest absolute Gasteiger partial charge is 0.291 e. The molecule has 3 N–H and O–H groups in total. The summed E-state index contributed by atoms with van der Waals surface area (Å²) in [4.78, 5) is 17.5. The lowest BCUT2D eigenvalue weighted by Gasteiger charge is -2.12. The van der Waals surface area contributed by atoms with Gasteiger partial charge in [-0.2, -0.15) is 0 Å². The minimum absolute atomic E-state index is 0.264. The van der Waals surface area contributed by atoms with Crippen molar-refractivity contribution in [2.75, 3.05) is 12.4 Å². The first kappa shape index (κ1) is 18.7. The maximum atomic E-state index is 12.0. The third kappa shape index (κ3) is 5.21. The number of guanidine groups is 1. The van der Waals surface area contributed by atoms with Gasteiger partial charge in [0.05, 0.1) is 12.8 Å². The largest absolute Gasteiger partial charge is 0.459 e. The van der Waals surface area contributed by atoms with Crippen LogP contribution in [0, 0.1) is 6.92 Å². The highest BCUT2D eigenvalue weighted by Gasteiger charge is 2.08. The van der Waals surface area contributed by atoms with E-state index in [-0.39, 0.29) is 11.7 Å². The molecule has 1 amide bonds. The average molecular weight is 382 g/mol. The van der Waals surface area contributed by atoms with Crippen molar-refractivity contribution in [2.24, 2.45) is 4.99 Å². The first-order valence-electron chi connectivity index (χ1n) is 8.57. The Morgan fingerprint density at radius 2 is 1.89 bits per heavy atom. The molecule has 0 bridgehead atoms. The zero-order valence-electron chi connectivity index (χ0n) is 15.3. The van der Waals surface area contributed by atoms with Crippen LogP contribution in [0.2, 0.25) is 0 Å². The number of furan rings is 1. The number of hydrogen-bond donors (Lipinski definition) is 3. The van der Waals surface area contributed by atoms with Crippen LogP contribution in [-0.2, 0) is 13.1 Å². The van der Waals surface area contributed by atoms with Crippen LogP contribution in [-0.4, -0.2) is 18.9 Å². The zero-order chi connectivity index (χ0) is 19.1. The number of nitrogens with zero attached hydrogens (tertiary/aromatic N) is 1. The van der Waals surface area contributed by atoms with Crippen LogP contribution < -0.4 is 16.0 Å². The first-order chi connectivity index (χ1) is 13.2. The number of carbonyl (C=O) groups excluding carboxylic acids is 1. The Morgan fingerprint density at radius 1 is 1.11 bits per heavy atom. The molecule has 27 heavy (non-hydrogen) atoms. The second-order valence-electron chi connectivity index (χ2n) is 5.93. The van der Waals surface area contributed by atoms with Gasteiger partial charge in [-0.25, -0.2) is 0 Å². The van der Waals surface area contributed by atoms with Crippen LogP contribution in [0.25, 0.3) is 0 Å². The minimum atomic E-state index is -0.264. The molecule has 0 saturated heterocycles. The van der Waals surface area contributed by atoms with Gasteiger partial charge in [0.25, 0.3) is 5.91 Å². The summed E-state index contributed by atoms with van der Waals surface area (Å²) in [5.41, 5.74) is 3.09. The predicted molar refractivity (Wildman–Crippen MR) is 109 cm³/mol. The molecule has 3 aromatic rings. The lowest BCUT2D eigenvalue weighted by Crippen LogP contribution is -2.36. The summed E-state index contributed by atoms with van der Waals surface area (Å²) in [6.45, 7) is 3.49. The summed E-state index contributed by atoms with van der Waals surface area (Å²) < 4.78 is 5.08. The topological polar surface area (TPSA) is 78.7 Å². The molecule has 0 atom stereocenters. The summed E-state index contributed by atoms with van der Waals surface area (Å²) in [5, 5.41) is 11.5. The molecule has 0 saturated carbocycles. The van der Waals surface area contributed by atoms with Crippen LogP contribution in [0.1, 0.15) is 26.6 Å². The molecule has 3 rings (SSSR count). The molecule has 0 fully saturated rings. The van der Waals surface area contributed by atoms with Gasteiger partial charge in [0.1, 0.15) is 0 Å². The second kappa shape index (κ2) is 9.05. The van der Waals surface area contributed by atoms with E-state index < -0.39 is 0 Å². The molecule has 6 nitrogen and oxygen atoms in total. The van der Waals surface area contributed by atoms with E-state index in [1.807, 2.05) is 24.3 Å². The van der Waals surface area contributed by atoms with Crippen molar-refractivity contribution < 1.29 is 9.21 Å². The maximum Gasteiger partial charge on any atom is 0.291 e. The van der Waals surface area contributed by atoms with E-state index in [9.17, 15) is 4.79 Å². The summed E-state index contributed by atoms with van der Waals surface area (Å²) in [5.74, 6) is 0.772. The summed E-state index contributed by atoms with van der Waals surface area (Å²) in [6.07, 6.45) is 1.48. The van der Waals surface area contributed by atoms with Gasteiger partial charge in [0.15, 0.2) is 11.7 Å². The highest BCUT2D eigenvalue weighted by atomic mass is 32.1. The van der Waals surface area contributed by atoms with E-state index in [1.165, 1.54) is 16.7 Å². The highest BCUT2D eigenvalue weighted by molar-refractivity contribution is 7.10. The number of nitrogens with one attached hydrogen (secondary N) is 3. The molecule has 0 unspecified atom stereocenters. The Kier molecular flexibility index (Phi) is 6.27. The Balaban J connectivity index is 1.48. The Hall–Kier alpha value is -3.06. The van der Waals surface area contributed by atoms with Crippen LogP contribution in [0.3, 0.4) is 0 Å². The van der Waals surface area contributed by atoms with Crippen LogP contribution in [0.4, 0.5) is 5.69 Å². The van der Waals surface area contributed by atoms with E-state index in [0.29, 0.717) is 6.54 Å². The maximum absolute atomic E-state index is 12.0. The fourth-order valence-corrected chi connectivity index (χ4v) is 3.31. The molecule has 2 aromatic heterocycles. The zero-order valence-corrected chi connectivity index (χ0v) is 16.1. The molecule has 7 heteroatoms. The molecule has 0 aliphatic carbocycles. The Morgan fingerprint density at radius 3 is 2.52 bits per heavy atom. The van der Waals surface area contributed by atoms with E-state index in [0.717, 1.165) is 23.8 Å². The van der Waals surface area contributed by atoms with Gasteiger partial charge in [-0.05, 0) is 53.8 Å². The molecule has 140 valence electrons. The van der Waals surface area contributed by atoms with Crippen molar-refractivity contribution >= 4 is 28.9 Å². The summed E-state index contributed by atoms with van der Waals surface area (Å²) >= 11 is 1.74. The predicted octanol–water partition coefficient (Wildman–Crippen LogP) is 3.77. The van der Waals surface area contributed by atoms with Crippen molar-refractivity contribution in [2.45, 2.75) is 20.0 Å².